The van der Waals surface area contributed by atoms with Gasteiger partial charge in [0.05, 0.1) is 0 Å². The zero-order chi connectivity index (χ0) is 6.85. The number of hydrogen-bond acceptors (Lipinski definition) is 3. The van der Waals surface area contributed by atoms with E-state index >= 15 is 0 Å². The molecule has 1 rings (SSSR count). The van der Waals surface area contributed by atoms with Crippen molar-refractivity contribution in [3.8, 4) is 0 Å². The van der Waals surface area contributed by atoms with Crippen molar-refractivity contribution in [2.24, 2.45) is 5.73 Å². The van der Waals surface area contributed by atoms with Crippen LogP contribution in [0, 0.1) is 0 Å². The molecule has 0 aromatic heterocycles. The molecule has 0 aromatic carbocycles. The number of nitrogens with one attached hydrogen (secondary N) is 1. The minimum atomic E-state index is -0.432. The van der Waals surface area contributed by atoms with E-state index in [-0.39, 0.29) is 10.5 Å². The van der Waals surface area contributed by atoms with Gasteiger partial charge in [0.2, 0.25) is 5.91 Å². The third-order valence-corrected chi connectivity index (χ3v) is 2.04. The van der Waals surface area contributed by atoms with Gasteiger partial charge in [-0.15, -0.1) is 0 Å². The highest BCUT2D eigenvalue weighted by Crippen LogP contribution is 2.16. The Hall–Kier alpha value is -0.710. The van der Waals surface area contributed by atoms with Crippen LogP contribution in [0.3, 0.4) is 0 Å². The minimum Gasteiger partial charge on any atom is -0.369 e. The van der Waals surface area contributed by atoms with Crippen LogP contribution in [0.5, 0.6) is 0 Å². The van der Waals surface area contributed by atoms with Crippen LogP contribution in [0.25, 0.3) is 0 Å². The molecular weight excluding hydrogens is 140 g/mol. The Balaban J connectivity index is 2.48. The molecule has 0 aromatic rings. The van der Waals surface area contributed by atoms with E-state index in [0.717, 1.165) is 11.8 Å². The highest BCUT2D eigenvalue weighted by molar-refractivity contribution is 8.15. The second kappa shape index (κ2) is 2.26. The second-order valence-corrected chi connectivity index (χ2v) is 2.85. The molecule has 2 amide bonds. The molecule has 9 heavy (non-hydrogen) atoms. The van der Waals surface area contributed by atoms with Crippen molar-refractivity contribution < 1.29 is 9.59 Å². The summed E-state index contributed by atoms with van der Waals surface area (Å²) in [7, 11) is 0. The van der Waals surface area contributed by atoms with E-state index in [9.17, 15) is 9.59 Å². The maximum Gasteiger partial charge on any atom is 0.279 e. The number of amides is 2. The maximum atomic E-state index is 10.4. The van der Waals surface area contributed by atoms with Crippen molar-refractivity contribution >= 4 is 22.9 Å². The molecule has 4 nitrogen and oxygen atoms in total. The predicted molar refractivity (Wildman–Crippen MR) is 34.0 cm³/mol. The molecule has 1 unspecified atom stereocenters. The van der Waals surface area contributed by atoms with Gasteiger partial charge < -0.3 is 11.1 Å². The summed E-state index contributed by atoms with van der Waals surface area (Å²) in [5.74, 6) is -0.432. The number of carbonyl (C=O) groups is 2. The summed E-state index contributed by atoms with van der Waals surface area (Å²) in [4.78, 5) is 20.8. The van der Waals surface area contributed by atoms with E-state index in [4.69, 9.17) is 5.73 Å². The van der Waals surface area contributed by atoms with Crippen LogP contribution < -0.4 is 11.1 Å². The van der Waals surface area contributed by atoms with Crippen molar-refractivity contribution in [1.82, 2.24) is 5.32 Å². The largest absolute Gasteiger partial charge is 0.369 e. The Morgan fingerprint density at radius 3 is 2.78 bits per heavy atom. The monoisotopic (exact) mass is 146 g/mol. The third kappa shape index (κ3) is 1.35. The SMILES string of the molecule is NC(=O)C1CNC(=O)S1. The van der Waals surface area contributed by atoms with E-state index < -0.39 is 5.91 Å². The zero-order valence-corrected chi connectivity index (χ0v) is 5.40. The van der Waals surface area contributed by atoms with Crippen LogP contribution in [-0.2, 0) is 4.79 Å². The Morgan fingerprint density at radius 1 is 1.89 bits per heavy atom. The summed E-state index contributed by atoms with van der Waals surface area (Å²) in [6.07, 6.45) is 0. The molecule has 0 saturated carbocycles. The van der Waals surface area contributed by atoms with Gasteiger partial charge in [0.25, 0.3) is 5.24 Å². The Bertz CT molecular complexity index is 159. The van der Waals surface area contributed by atoms with Gasteiger partial charge in [-0.2, -0.15) is 0 Å². The normalized spacial score (nSPS) is 25.8. The molecule has 0 radical (unpaired) electrons. The van der Waals surface area contributed by atoms with Crippen molar-refractivity contribution in [2.75, 3.05) is 6.54 Å². The van der Waals surface area contributed by atoms with Gasteiger partial charge >= 0.3 is 0 Å². The minimum absolute atomic E-state index is 0.168. The molecule has 5 heteroatoms. The summed E-state index contributed by atoms with van der Waals surface area (Å²) >= 11 is 0.949. The summed E-state index contributed by atoms with van der Waals surface area (Å²) in [6.45, 7) is 0.374. The summed E-state index contributed by atoms with van der Waals surface area (Å²) in [5, 5.41) is 1.94. The molecule has 1 aliphatic rings. The molecule has 0 bridgehead atoms. The molecule has 0 spiro atoms. The third-order valence-electron chi connectivity index (χ3n) is 0.998. The molecule has 3 N–H and O–H groups in total. The first-order valence-electron chi connectivity index (χ1n) is 2.44. The van der Waals surface area contributed by atoms with Crippen LogP contribution >= 0.6 is 11.8 Å². The summed E-state index contributed by atoms with van der Waals surface area (Å²) in [6, 6.07) is 0. The average Bonchev–Trinajstić information content (AvgIpc) is 2.14. The van der Waals surface area contributed by atoms with E-state index in [1.54, 1.807) is 0 Å². The molecular formula is C4H6N2O2S. The Morgan fingerprint density at radius 2 is 2.56 bits per heavy atom. The van der Waals surface area contributed by atoms with E-state index in [2.05, 4.69) is 5.32 Å². The van der Waals surface area contributed by atoms with Crippen molar-refractivity contribution in [3.05, 3.63) is 0 Å². The predicted octanol–water partition coefficient (Wildman–Crippen LogP) is -0.703. The molecule has 50 valence electrons. The zero-order valence-electron chi connectivity index (χ0n) is 4.59. The lowest BCUT2D eigenvalue weighted by molar-refractivity contribution is -0.117. The van der Waals surface area contributed by atoms with Gasteiger partial charge in [-0.05, 0) is 11.8 Å². The summed E-state index contributed by atoms with van der Waals surface area (Å²) in [5.41, 5.74) is 4.91. The number of rotatable bonds is 1. The van der Waals surface area contributed by atoms with Gasteiger partial charge in [-0.3, -0.25) is 9.59 Å². The smallest absolute Gasteiger partial charge is 0.279 e. The number of nitrogens with two attached hydrogens (primary N) is 1. The van der Waals surface area contributed by atoms with Crippen LogP contribution in [0.1, 0.15) is 0 Å². The fraction of sp³-hybridized carbons (Fsp3) is 0.500. The quantitative estimate of drug-likeness (QED) is 0.513. The fourth-order valence-electron chi connectivity index (χ4n) is 0.547. The fourth-order valence-corrected chi connectivity index (χ4v) is 1.26. The average molecular weight is 146 g/mol. The second-order valence-electron chi connectivity index (χ2n) is 1.68. The number of carbonyl (C=O) groups excluding carboxylic acids is 2. The first-order chi connectivity index (χ1) is 4.20. The van der Waals surface area contributed by atoms with Gasteiger partial charge in [0, 0.05) is 6.54 Å². The molecule has 1 aliphatic heterocycles. The van der Waals surface area contributed by atoms with Gasteiger partial charge in [-0.1, -0.05) is 0 Å². The number of primary amides is 1. The topological polar surface area (TPSA) is 72.2 Å². The first-order valence-corrected chi connectivity index (χ1v) is 3.32. The lowest BCUT2D eigenvalue weighted by atomic mass is 10.4. The van der Waals surface area contributed by atoms with Gasteiger partial charge in [0.1, 0.15) is 5.25 Å². The lowest BCUT2D eigenvalue weighted by Crippen LogP contribution is -2.28. The lowest BCUT2D eigenvalue weighted by Gasteiger charge is -1.95. The van der Waals surface area contributed by atoms with E-state index in [0.29, 0.717) is 6.54 Å². The highest BCUT2D eigenvalue weighted by Gasteiger charge is 2.26. The van der Waals surface area contributed by atoms with Crippen LogP contribution in [0.4, 0.5) is 4.79 Å². The van der Waals surface area contributed by atoms with E-state index in [1.165, 1.54) is 0 Å². The van der Waals surface area contributed by atoms with Crippen molar-refractivity contribution in [3.63, 3.8) is 0 Å². The van der Waals surface area contributed by atoms with Crippen LogP contribution in [0.2, 0.25) is 0 Å². The van der Waals surface area contributed by atoms with Gasteiger partial charge in [0.15, 0.2) is 0 Å². The Kier molecular flexibility index (Phi) is 1.61. The Labute approximate surface area is 56.2 Å². The summed E-state index contributed by atoms with van der Waals surface area (Å²) < 4.78 is 0. The molecule has 0 aliphatic carbocycles. The van der Waals surface area contributed by atoms with E-state index in [1.807, 2.05) is 0 Å². The highest BCUT2D eigenvalue weighted by atomic mass is 32.2. The van der Waals surface area contributed by atoms with Crippen LogP contribution in [0.15, 0.2) is 0 Å². The first kappa shape index (κ1) is 6.41. The number of hydrogen-bond donors (Lipinski definition) is 2. The van der Waals surface area contributed by atoms with Crippen molar-refractivity contribution in [2.45, 2.75) is 5.25 Å². The molecule has 1 saturated heterocycles. The molecule has 1 fully saturated rings. The molecule has 1 heterocycles. The maximum absolute atomic E-state index is 10.4. The standard InChI is InChI=1S/C4H6N2O2S/c5-3(7)2-1-6-4(8)9-2/h2H,1H2,(H2,5,7)(H,6,8). The van der Waals surface area contributed by atoms with Gasteiger partial charge in [-0.25, -0.2) is 0 Å². The van der Waals surface area contributed by atoms with Crippen molar-refractivity contribution in [1.29, 1.82) is 0 Å². The molecule has 1 atom stereocenters. The number of thioether (sulfide) groups is 1. The van der Waals surface area contributed by atoms with Crippen LogP contribution in [-0.4, -0.2) is 22.9 Å².